The fraction of sp³-hybridized carbons (Fsp3) is 0.583. The third-order valence-electron chi connectivity index (χ3n) is 3.03. The molecule has 3 amide bonds. The van der Waals surface area contributed by atoms with E-state index in [1.165, 1.54) is 13.8 Å². The zero-order valence-corrected chi connectivity index (χ0v) is 11.8. The van der Waals surface area contributed by atoms with E-state index in [1.807, 2.05) is 11.8 Å². The monoisotopic (exact) mass is 286 g/mol. The molecule has 6 nitrogen and oxygen atoms in total. The van der Waals surface area contributed by atoms with Crippen molar-refractivity contribution < 1.29 is 19.5 Å². The number of aliphatic carboxylic acids is 1. The van der Waals surface area contributed by atoms with E-state index >= 15 is 0 Å². The molecule has 0 aromatic rings. The number of carbonyl (C=O) groups is 3. The Kier molecular flexibility index (Phi) is 5.88. The molecule has 19 heavy (non-hydrogen) atoms. The molecule has 0 aromatic carbocycles. The fourth-order valence-corrected chi connectivity index (χ4v) is 2.84. The van der Waals surface area contributed by atoms with E-state index in [9.17, 15) is 14.4 Å². The van der Waals surface area contributed by atoms with Crippen LogP contribution in [0.15, 0.2) is 11.1 Å². The van der Waals surface area contributed by atoms with Gasteiger partial charge in [-0.05, 0) is 37.7 Å². The molecule has 0 bridgehead atoms. The summed E-state index contributed by atoms with van der Waals surface area (Å²) < 4.78 is 0. The van der Waals surface area contributed by atoms with Crippen molar-refractivity contribution in [2.24, 2.45) is 5.92 Å². The minimum absolute atomic E-state index is 0.0269. The Morgan fingerprint density at radius 1 is 1.26 bits per heavy atom. The first-order valence-corrected chi connectivity index (χ1v) is 7.15. The number of hydrogen-bond donors (Lipinski definition) is 3. The highest BCUT2D eigenvalue weighted by atomic mass is 32.2. The van der Waals surface area contributed by atoms with Gasteiger partial charge in [-0.3, -0.25) is 10.1 Å². The van der Waals surface area contributed by atoms with Gasteiger partial charge < -0.3 is 10.4 Å². The van der Waals surface area contributed by atoms with Crippen LogP contribution in [0.25, 0.3) is 0 Å². The molecule has 0 aliphatic carbocycles. The Morgan fingerprint density at radius 3 is 2.47 bits per heavy atom. The van der Waals surface area contributed by atoms with Gasteiger partial charge in [0, 0.05) is 17.7 Å². The van der Waals surface area contributed by atoms with Crippen LogP contribution in [-0.2, 0) is 9.59 Å². The van der Waals surface area contributed by atoms with Gasteiger partial charge in [-0.15, -0.1) is 0 Å². The van der Waals surface area contributed by atoms with Gasteiger partial charge in [0.2, 0.25) is 0 Å². The zero-order chi connectivity index (χ0) is 14.4. The van der Waals surface area contributed by atoms with E-state index in [2.05, 4.69) is 10.6 Å². The van der Waals surface area contributed by atoms with Gasteiger partial charge >= 0.3 is 12.0 Å². The lowest BCUT2D eigenvalue weighted by atomic mass is 10.1. The number of urea groups is 1. The fourth-order valence-electron chi connectivity index (χ4n) is 1.55. The number of hydrogen-bond acceptors (Lipinski definition) is 4. The number of nitrogens with one attached hydrogen (secondary N) is 2. The molecule has 1 rings (SSSR count). The Hall–Kier alpha value is -1.50. The largest absolute Gasteiger partial charge is 0.478 e. The molecule has 1 unspecified atom stereocenters. The normalized spacial score (nSPS) is 19.6. The molecule has 106 valence electrons. The number of imide groups is 1. The van der Waals surface area contributed by atoms with E-state index in [1.54, 1.807) is 0 Å². The number of rotatable bonds is 4. The average molecular weight is 286 g/mol. The summed E-state index contributed by atoms with van der Waals surface area (Å²) in [5, 5.41) is 13.5. The summed E-state index contributed by atoms with van der Waals surface area (Å²) in [6.07, 6.45) is 1.07. The topological polar surface area (TPSA) is 95.5 Å². The quantitative estimate of drug-likeness (QED) is 0.670. The Morgan fingerprint density at radius 2 is 1.95 bits per heavy atom. The minimum Gasteiger partial charge on any atom is -0.478 e. The van der Waals surface area contributed by atoms with Crippen molar-refractivity contribution in [3.05, 3.63) is 11.1 Å². The van der Waals surface area contributed by atoms with Crippen LogP contribution in [0, 0.1) is 5.92 Å². The van der Waals surface area contributed by atoms with E-state index in [4.69, 9.17) is 5.11 Å². The number of carboxylic acids is 1. The van der Waals surface area contributed by atoms with E-state index in [0.29, 0.717) is 12.5 Å². The smallest absolute Gasteiger partial charge is 0.331 e. The summed E-state index contributed by atoms with van der Waals surface area (Å²) in [5.74, 6) is 0.718. The lowest BCUT2D eigenvalue weighted by molar-refractivity contribution is -0.133. The third-order valence-corrected chi connectivity index (χ3v) is 4.26. The van der Waals surface area contributed by atoms with Crippen LogP contribution in [0.2, 0.25) is 0 Å². The maximum atomic E-state index is 11.6. The van der Waals surface area contributed by atoms with Crippen LogP contribution in [0.4, 0.5) is 4.79 Å². The van der Waals surface area contributed by atoms with Crippen molar-refractivity contribution in [3.8, 4) is 0 Å². The van der Waals surface area contributed by atoms with Crippen molar-refractivity contribution >= 4 is 29.7 Å². The number of carboxylic acid groups (broad SMARTS) is 1. The van der Waals surface area contributed by atoms with Crippen LogP contribution < -0.4 is 10.6 Å². The molecule has 0 aromatic heterocycles. The number of carbonyl (C=O) groups excluding carboxylic acids is 2. The number of thioether (sulfide) groups is 1. The first-order valence-electron chi connectivity index (χ1n) is 5.99. The predicted molar refractivity (Wildman–Crippen MR) is 73.0 cm³/mol. The summed E-state index contributed by atoms with van der Waals surface area (Å²) >= 11 is 1.85. The van der Waals surface area contributed by atoms with Crippen molar-refractivity contribution in [1.82, 2.24) is 10.6 Å². The summed E-state index contributed by atoms with van der Waals surface area (Å²) in [6.45, 7) is 3.23. The van der Waals surface area contributed by atoms with Crippen LogP contribution in [0.1, 0.15) is 20.3 Å². The highest BCUT2D eigenvalue weighted by Gasteiger charge is 2.18. The molecule has 7 heteroatoms. The molecule has 1 aliphatic heterocycles. The summed E-state index contributed by atoms with van der Waals surface area (Å²) in [4.78, 5) is 33.8. The molecule has 0 spiro atoms. The first-order chi connectivity index (χ1) is 8.91. The molecule has 1 saturated heterocycles. The second kappa shape index (κ2) is 7.18. The summed E-state index contributed by atoms with van der Waals surface area (Å²) in [7, 11) is 0. The standard InChI is InChI=1S/C12H18N2O4S/c1-7(8(2)11(16)17)10(15)14-12(18)13-5-9-3-4-19-6-9/h9H,3-6H2,1-2H3,(H,16,17)(H2,13,14,15,18). The molecule has 0 saturated carbocycles. The lowest BCUT2D eigenvalue weighted by Crippen LogP contribution is -2.42. The second-order valence-electron chi connectivity index (χ2n) is 4.45. The lowest BCUT2D eigenvalue weighted by Gasteiger charge is -2.11. The molecule has 1 atom stereocenters. The second-order valence-corrected chi connectivity index (χ2v) is 5.60. The Balaban J connectivity index is 2.41. The van der Waals surface area contributed by atoms with E-state index in [-0.39, 0.29) is 11.1 Å². The van der Waals surface area contributed by atoms with Crippen LogP contribution in [0.3, 0.4) is 0 Å². The van der Waals surface area contributed by atoms with Gasteiger partial charge in [-0.2, -0.15) is 11.8 Å². The first kappa shape index (κ1) is 15.6. The summed E-state index contributed by atoms with van der Waals surface area (Å²) in [6, 6.07) is -0.584. The van der Waals surface area contributed by atoms with Gasteiger partial charge in [-0.25, -0.2) is 9.59 Å². The van der Waals surface area contributed by atoms with Gasteiger partial charge in [0.15, 0.2) is 0 Å². The van der Waals surface area contributed by atoms with Crippen LogP contribution >= 0.6 is 11.8 Å². The van der Waals surface area contributed by atoms with E-state index < -0.39 is 17.9 Å². The predicted octanol–water partition coefficient (Wildman–Crippen LogP) is 0.986. The highest BCUT2D eigenvalue weighted by molar-refractivity contribution is 7.99. The SMILES string of the molecule is CC(C(=O)O)=C(C)C(=O)NC(=O)NCC1CCSC1. The van der Waals surface area contributed by atoms with Gasteiger partial charge in [0.25, 0.3) is 5.91 Å². The Labute approximate surface area is 116 Å². The van der Waals surface area contributed by atoms with E-state index in [0.717, 1.165) is 17.9 Å². The maximum absolute atomic E-state index is 11.6. The van der Waals surface area contributed by atoms with Gasteiger partial charge in [0.1, 0.15) is 0 Å². The molecular formula is C12H18N2O4S. The molecule has 3 N–H and O–H groups in total. The third kappa shape index (κ3) is 4.94. The molecular weight excluding hydrogens is 268 g/mol. The van der Waals surface area contributed by atoms with Crippen molar-refractivity contribution in [2.45, 2.75) is 20.3 Å². The van der Waals surface area contributed by atoms with Crippen LogP contribution in [-0.4, -0.2) is 41.1 Å². The molecule has 1 aliphatic rings. The zero-order valence-electron chi connectivity index (χ0n) is 11.0. The van der Waals surface area contributed by atoms with Crippen molar-refractivity contribution in [3.63, 3.8) is 0 Å². The van der Waals surface area contributed by atoms with Crippen molar-refractivity contribution in [1.29, 1.82) is 0 Å². The van der Waals surface area contributed by atoms with Gasteiger partial charge in [0.05, 0.1) is 0 Å². The average Bonchev–Trinajstić information content (AvgIpc) is 2.87. The highest BCUT2D eigenvalue weighted by Crippen LogP contribution is 2.22. The van der Waals surface area contributed by atoms with Gasteiger partial charge in [-0.1, -0.05) is 0 Å². The van der Waals surface area contributed by atoms with Crippen LogP contribution in [0.5, 0.6) is 0 Å². The molecule has 1 heterocycles. The maximum Gasteiger partial charge on any atom is 0.331 e. The Bertz CT molecular complexity index is 414. The number of amides is 3. The molecule has 0 radical (unpaired) electrons. The van der Waals surface area contributed by atoms with Crippen molar-refractivity contribution in [2.75, 3.05) is 18.1 Å². The summed E-state index contributed by atoms with van der Waals surface area (Å²) in [5.41, 5.74) is -0.0448. The molecule has 1 fully saturated rings. The minimum atomic E-state index is -1.17.